The van der Waals surface area contributed by atoms with Gasteiger partial charge in [0, 0.05) is 12.5 Å². The van der Waals surface area contributed by atoms with Crippen molar-refractivity contribution >= 4 is 5.91 Å². The van der Waals surface area contributed by atoms with Crippen molar-refractivity contribution in [1.29, 1.82) is 0 Å². The van der Waals surface area contributed by atoms with Gasteiger partial charge < -0.3 is 20.5 Å². The summed E-state index contributed by atoms with van der Waals surface area (Å²) < 4.78 is 5.52. The average Bonchev–Trinajstić information content (AvgIpc) is 2.47. The van der Waals surface area contributed by atoms with Gasteiger partial charge in [0.15, 0.2) is 0 Å². The second kappa shape index (κ2) is 7.26. The minimum absolute atomic E-state index is 0.0102. The third kappa shape index (κ3) is 4.51. The number of hydrogen-bond acceptors (Lipinski definition) is 4. The lowest BCUT2D eigenvalue weighted by Gasteiger charge is -2.31. The zero-order valence-electron chi connectivity index (χ0n) is 11.6. The number of aliphatic hydroxyl groups is 1. The molecular weight excluding hydrogens is 256 g/mol. The number of para-hydroxylation sites is 1. The lowest BCUT2D eigenvalue weighted by Crippen LogP contribution is -2.43. The largest absolute Gasteiger partial charge is 0.491 e. The van der Waals surface area contributed by atoms with Gasteiger partial charge in [0.05, 0.1) is 0 Å². The van der Waals surface area contributed by atoms with Crippen LogP contribution in [0.15, 0.2) is 30.3 Å². The summed E-state index contributed by atoms with van der Waals surface area (Å²) in [5.41, 5.74) is 5.30. The normalized spacial score (nSPS) is 18.6. The number of piperidine rings is 1. The number of primary amides is 1. The van der Waals surface area contributed by atoms with Crippen LogP contribution in [0, 0.1) is 5.92 Å². The number of β-amino-alcohol motifs (C(OH)–C–C–N with tert-alkyl or cyclic N) is 1. The molecule has 1 unspecified atom stereocenters. The third-order valence-corrected chi connectivity index (χ3v) is 3.64. The van der Waals surface area contributed by atoms with Crippen LogP contribution >= 0.6 is 0 Å². The molecule has 0 aromatic heterocycles. The van der Waals surface area contributed by atoms with E-state index < -0.39 is 6.10 Å². The Kier molecular flexibility index (Phi) is 5.38. The van der Waals surface area contributed by atoms with E-state index in [2.05, 4.69) is 4.90 Å². The molecule has 0 spiro atoms. The van der Waals surface area contributed by atoms with Crippen LogP contribution in [0.4, 0.5) is 0 Å². The maximum Gasteiger partial charge on any atom is 0.220 e. The molecule has 1 amide bonds. The van der Waals surface area contributed by atoms with Crippen LogP contribution in [0.3, 0.4) is 0 Å². The molecule has 0 bridgehead atoms. The highest BCUT2D eigenvalue weighted by atomic mass is 16.5. The Morgan fingerprint density at radius 3 is 2.60 bits per heavy atom. The van der Waals surface area contributed by atoms with Crippen molar-refractivity contribution in [2.45, 2.75) is 18.9 Å². The van der Waals surface area contributed by atoms with Crippen LogP contribution in [0.2, 0.25) is 0 Å². The molecule has 3 N–H and O–H groups in total. The molecule has 1 atom stereocenters. The fourth-order valence-electron chi connectivity index (χ4n) is 2.46. The predicted octanol–water partition coefficient (Wildman–Crippen LogP) is 0.624. The Balaban J connectivity index is 1.68. The molecule has 0 saturated carbocycles. The summed E-state index contributed by atoms with van der Waals surface area (Å²) in [5.74, 6) is 0.542. The molecule has 1 aromatic carbocycles. The van der Waals surface area contributed by atoms with E-state index in [0.29, 0.717) is 6.54 Å². The SMILES string of the molecule is NC(=O)C1CCN(CC(O)COc2ccccc2)CC1. The molecule has 20 heavy (non-hydrogen) atoms. The highest BCUT2D eigenvalue weighted by molar-refractivity contribution is 5.76. The van der Waals surface area contributed by atoms with Crippen LogP contribution in [0.1, 0.15) is 12.8 Å². The Hall–Kier alpha value is -1.59. The first kappa shape index (κ1) is 14.8. The van der Waals surface area contributed by atoms with Crippen molar-refractivity contribution in [2.24, 2.45) is 11.7 Å². The first-order chi connectivity index (χ1) is 9.65. The maximum absolute atomic E-state index is 11.1. The zero-order valence-corrected chi connectivity index (χ0v) is 11.6. The van der Waals surface area contributed by atoms with Gasteiger partial charge in [-0.15, -0.1) is 0 Å². The molecule has 1 heterocycles. The lowest BCUT2D eigenvalue weighted by molar-refractivity contribution is -0.123. The zero-order chi connectivity index (χ0) is 14.4. The standard InChI is InChI=1S/C15H22N2O3/c16-15(19)12-6-8-17(9-7-12)10-13(18)11-20-14-4-2-1-3-5-14/h1-5,12-13,18H,6-11H2,(H2,16,19). The molecule has 2 rings (SSSR count). The Bertz CT molecular complexity index is 416. The molecule has 1 aromatic rings. The summed E-state index contributed by atoms with van der Waals surface area (Å²) in [6, 6.07) is 9.45. The van der Waals surface area contributed by atoms with Gasteiger partial charge >= 0.3 is 0 Å². The molecule has 1 aliphatic heterocycles. The van der Waals surface area contributed by atoms with Gasteiger partial charge in [-0.1, -0.05) is 18.2 Å². The summed E-state index contributed by atoms with van der Waals surface area (Å²) >= 11 is 0. The number of nitrogens with zero attached hydrogens (tertiary/aromatic N) is 1. The predicted molar refractivity (Wildman–Crippen MR) is 76.3 cm³/mol. The van der Waals surface area contributed by atoms with Gasteiger partial charge in [-0.25, -0.2) is 0 Å². The number of ether oxygens (including phenoxy) is 1. The van der Waals surface area contributed by atoms with Crippen molar-refractivity contribution < 1.29 is 14.6 Å². The van der Waals surface area contributed by atoms with Gasteiger partial charge in [-0.2, -0.15) is 0 Å². The molecule has 1 saturated heterocycles. The number of carbonyl (C=O) groups is 1. The van der Waals surface area contributed by atoms with Crippen LogP contribution in [-0.4, -0.2) is 48.3 Å². The minimum Gasteiger partial charge on any atom is -0.491 e. The van der Waals surface area contributed by atoms with E-state index in [-0.39, 0.29) is 18.4 Å². The fourth-order valence-corrected chi connectivity index (χ4v) is 2.46. The van der Waals surface area contributed by atoms with Crippen LogP contribution in [0.5, 0.6) is 5.75 Å². The Morgan fingerprint density at radius 2 is 2.00 bits per heavy atom. The van der Waals surface area contributed by atoms with E-state index in [1.54, 1.807) is 0 Å². The summed E-state index contributed by atoms with van der Waals surface area (Å²) in [7, 11) is 0. The second-order valence-electron chi connectivity index (χ2n) is 5.26. The average molecular weight is 278 g/mol. The maximum atomic E-state index is 11.1. The van der Waals surface area contributed by atoms with Crippen LogP contribution in [0.25, 0.3) is 0 Å². The highest BCUT2D eigenvalue weighted by Gasteiger charge is 2.24. The topological polar surface area (TPSA) is 75.8 Å². The van der Waals surface area contributed by atoms with Gasteiger partial charge in [-0.3, -0.25) is 4.79 Å². The van der Waals surface area contributed by atoms with E-state index in [9.17, 15) is 9.90 Å². The Morgan fingerprint density at radius 1 is 1.35 bits per heavy atom. The van der Waals surface area contributed by atoms with Crippen molar-refractivity contribution in [1.82, 2.24) is 4.90 Å². The Labute approximate surface area is 119 Å². The van der Waals surface area contributed by atoms with Crippen LogP contribution in [-0.2, 0) is 4.79 Å². The second-order valence-corrected chi connectivity index (χ2v) is 5.26. The van der Waals surface area contributed by atoms with Gasteiger partial charge in [0.25, 0.3) is 0 Å². The van der Waals surface area contributed by atoms with E-state index in [0.717, 1.165) is 31.7 Å². The summed E-state index contributed by atoms with van der Waals surface area (Å²) in [5, 5.41) is 9.98. The lowest BCUT2D eigenvalue weighted by atomic mass is 9.96. The van der Waals surface area contributed by atoms with E-state index in [1.807, 2.05) is 30.3 Å². The quantitative estimate of drug-likeness (QED) is 0.800. The molecular formula is C15H22N2O3. The highest BCUT2D eigenvalue weighted by Crippen LogP contribution is 2.17. The smallest absolute Gasteiger partial charge is 0.220 e. The third-order valence-electron chi connectivity index (χ3n) is 3.64. The van der Waals surface area contributed by atoms with Crippen molar-refractivity contribution in [3.05, 3.63) is 30.3 Å². The van der Waals surface area contributed by atoms with Crippen LogP contribution < -0.4 is 10.5 Å². The number of likely N-dealkylation sites (tertiary alicyclic amines) is 1. The summed E-state index contributed by atoms with van der Waals surface area (Å²) in [6.45, 7) is 2.45. The summed E-state index contributed by atoms with van der Waals surface area (Å²) in [6.07, 6.45) is 1.03. The van der Waals surface area contributed by atoms with Gasteiger partial charge in [0.1, 0.15) is 18.5 Å². The molecule has 0 radical (unpaired) electrons. The first-order valence-electron chi connectivity index (χ1n) is 7.02. The van der Waals surface area contributed by atoms with Gasteiger partial charge in [0.2, 0.25) is 5.91 Å². The van der Waals surface area contributed by atoms with Crippen molar-refractivity contribution in [3.8, 4) is 5.75 Å². The van der Waals surface area contributed by atoms with Crippen molar-refractivity contribution in [2.75, 3.05) is 26.2 Å². The summed E-state index contributed by atoms with van der Waals surface area (Å²) in [4.78, 5) is 13.2. The number of amides is 1. The van der Waals surface area contributed by atoms with E-state index in [4.69, 9.17) is 10.5 Å². The monoisotopic (exact) mass is 278 g/mol. The molecule has 5 nitrogen and oxygen atoms in total. The molecule has 110 valence electrons. The van der Waals surface area contributed by atoms with E-state index in [1.165, 1.54) is 0 Å². The number of nitrogens with two attached hydrogens (primary N) is 1. The van der Waals surface area contributed by atoms with E-state index >= 15 is 0 Å². The molecule has 5 heteroatoms. The molecule has 0 aliphatic carbocycles. The number of hydrogen-bond donors (Lipinski definition) is 2. The number of carbonyl (C=O) groups excluding carboxylic acids is 1. The van der Waals surface area contributed by atoms with Gasteiger partial charge in [-0.05, 0) is 38.1 Å². The first-order valence-corrected chi connectivity index (χ1v) is 7.02. The molecule has 1 aliphatic rings. The number of rotatable bonds is 6. The minimum atomic E-state index is -0.527. The van der Waals surface area contributed by atoms with Crippen molar-refractivity contribution in [3.63, 3.8) is 0 Å². The fraction of sp³-hybridized carbons (Fsp3) is 0.533. The number of benzene rings is 1. The number of aliphatic hydroxyl groups excluding tert-OH is 1. The molecule has 1 fully saturated rings.